The molecule has 0 radical (unpaired) electrons. The molecule has 0 aromatic rings. The van der Waals surface area contributed by atoms with Gasteiger partial charge in [0.25, 0.3) is 5.91 Å². The first-order chi connectivity index (χ1) is 5.16. The van der Waals surface area contributed by atoms with E-state index in [1.54, 1.807) is 6.92 Å². The Morgan fingerprint density at radius 2 is 2.18 bits per heavy atom. The summed E-state index contributed by atoms with van der Waals surface area (Å²) >= 11 is 0. The number of hydroxylamine groups is 2. The molecule has 1 unspecified atom stereocenters. The summed E-state index contributed by atoms with van der Waals surface area (Å²) in [6, 6.07) is -0.688. The van der Waals surface area contributed by atoms with Gasteiger partial charge in [0, 0.05) is 6.08 Å². The SMILES string of the molecule is CCC1C(=O)C=CC(=O)N1O. The summed E-state index contributed by atoms with van der Waals surface area (Å²) in [6.45, 7) is 1.73. The number of hydrogen-bond acceptors (Lipinski definition) is 3. The van der Waals surface area contributed by atoms with Gasteiger partial charge in [-0.15, -0.1) is 0 Å². The van der Waals surface area contributed by atoms with Crippen LogP contribution in [0.4, 0.5) is 0 Å². The Kier molecular flexibility index (Phi) is 2.05. The van der Waals surface area contributed by atoms with E-state index < -0.39 is 11.9 Å². The number of rotatable bonds is 1. The van der Waals surface area contributed by atoms with Crippen molar-refractivity contribution in [2.24, 2.45) is 0 Å². The van der Waals surface area contributed by atoms with Gasteiger partial charge in [-0.3, -0.25) is 14.8 Å². The number of nitrogens with zero attached hydrogens (tertiary/aromatic N) is 1. The van der Waals surface area contributed by atoms with Gasteiger partial charge in [0.2, 0.25) is 0 Å². The highest BCUT2D eigenvalue weighted by molar-refractivity contribution is 6.05. The zero-order valence-corrected chi connectivity index (χ0v) is 6.15. The van der Waals surface area contributed by atoms with Crippen LogP contribution in [0.1, 0.15) is 13.3 Å². The molecule has 4 nitrogen and oxygen atoms in total. The molecule has 1 atom stereocenters. The van der Waals surface area contributed by atoms with Gasteiger partial charge in [0.1, 0.15) is 6.04 Å². The van der Waals surface area contributed by atoms with Gasteiger partial charge in [-0.2, -0.15) is 0 Å². The number of ketones is 1. The Balaban J connectivity index is 2.86. The van der Waals surface area contributed by atoms with Crippen LogP contribution in [0.5, 0.6) is 0 Å². The fourth-order valence-corrected chi connectivity index (χ4v) is 0.989. The second-order valence-electron chi connectivity index (χ2n) is 2.34. The van der Waals surface area contributed by atoms with E-state index in [9.17, 15) is 9.59 Å². The highest BCUT2D eigenvalue weighted by Gasteiger charge is 2.27. The molecular weight excluding hydrogens is 146 g/mol. The number of carbonyl (C=O) groups excluding carboxylic acids is 2. The molecule has 60 valence electrons. The Labute approximate surface area is 64.1 Å². The first-order valence-corrected chi connectivity index (χ1v) is 3.40. The molecule has 1 rings (SSSR count). The van der Waals surface area contributed by atoms with Crippen molar-refractivity contribution < 1.29 is 14.8 Å². The molecule has 1 N–H and O–H groups in total. The van der Waals surface area contributed by atoms with E-state index in [1.165, 1.54) is 6.08 Å². The van der Waals surface area contributed by atoms with E-state index in [2.05, 4.69) is 0 Å². The third-order valence-corrected chi connectivity index (χ3v) is 1.63. The second-order valence-corrected chi connectivity index (χ2v) is 2.34. The fraction of sp³-hybridized carbons (Fsp3) is 0.429. The van der Waals surface area contributed by atoms with E-state index in [0.29, 0.717) is 11.5 Å². The van der Waals surface area contributed by atoms with Crippen molar-refractivity contribution in [3.63, 3.8) is 0 Å². The van der Waals surface area contributed by atoms with Crippen LogP contribution in [0.3, 0.4) is 0 Å². The zero-order chi connectivity index (χ0) is 8.43. The van der Waals surface area contributed by atoms with Gasteiger partial charge in [0.15, 0.2) is 5.78 Å². The summed E-state index contributed by atoms with van der Waals surface area (Å²) in [6.07, 6.45) is 2.70. The maximum absolute atomic E-state index is 10.9. The second kappa shape index (κ2) is 2.84. The van der Waals surface area contributed by atoms with Gasteiger partial charge < -0.3 is 0 Å². The average Bonchev–Trinajstić information content (AvgIpc) is 1.99. The predicted octanol–water partition coefficient (Wildman–Crippen LogP) is 0.122. The van der Waals surface area contributed by atoms with Crippen LogP contribution in [-0.2, 0) is 9.59 Å². The minimum absolute atomic E-state index is 0.227. The Bertz CT molecular complexity index is 222. The Morgan fingerprint density at radius 3 is 2.64 bits per heavy atom. The van der Waals surface area contributed by atoms with Gasteiger partial charge in [-0.05, 0) is 12.5 Å². The maximum Gasteiger partial charge on any atom is 0.270 e. The lowest BCUT2D eigenvalue weighted by atomic mass is 10.1. The summed E-state index contributed by atoms with van der Waals surface area (Å²) < 4.78 is 0. The van der Waals surface area contributed by atoms with Crippen molar-refractivity contribution in [2.45, 2.75) is 19.4 Å². The smallest absolute Gasteiger partial charge is 0.270 e. The van der Waals surface area contributed by atoms with E-state index >= 15 is 0 Å². The largest absolute Gasteiger partial charge is 0.292 e. The van der Waals surface area contributed by atoms with Gasteiger partial charge >= 0.3 is 0 Å². The van der Waals surface area contributed by atoms with Crippen LogP contribution in [-0.4, -0.2) is 28.0 Å². The average molecular weight is 155 g/mol. The highest BCUT2D eigenvalue weighted by atomic mass is 16.5. The molecular formula is C7H9NO3. The molecule has 0 fully saturated rings. The predicted molar refractivity (Wildman–Crippen MR) is 36.9 cm³/mol. The van der Waals surface area contributed by atoms with E-state index in [4.69, 9.17) is 5.21 Å². The summed E-state index contributed by atoms with van der Waals surface area (Å²) in [5.41, 5.74) is 0. The number of carbonyl (C=O) groups is 2. The van der Waals surface area contributed by atoms with Crippen LogP contribution < -0.4 is 0 Å². The summed E-state index contributed by atoms with van der Waals surface area (Å²) in [7, 11) is 0. The van der Waals surface area contributed by atoms with Crippen LogP contribution >= 0.6 is 0 Å². The number of hydrogen-bond donors (Lipinski definition) is 1. The lowest BCUT2D eigenvalue weighted by molar-refractivity contribution is -0.174. The molecule has 0 aliphatic carbocycles. The van der Waals surface area contributed by atoms with Crippen LogP contribution in [0, 0.1) is 0 Å². The zero-order valence-electron chi connectivity index (χ0n) is 6.15. The Hall–Kier alpha value is -1.16. The standard InChI is InChI=1S/C7H9NO3/c1-2-5-6(9)3-4-7(10)8(5)11/h3-5,11H,2H2,1H3. The van der Waals surface area contributed by atoms with E-state index in [0.717, 1.165) is 6.08 Å². The van der Waals surface area contributed by atoms with Crippen LogP contribution in [0.2, 0.25) is 0 Å². The van der Waals surface area contributed by atoms with Crippen molar-refractivity contribution in [2.75, 3.05) is 0 Å². The first-order valence-electron chi connectivity index (χ1n) is 3.40. The molecule has 0 spiro atoms. The van der Waals surface area contributed by atoms with Crippen molar-refractivity contribution >= 4 is 11.7 Å². The van der Waals surface area contributed by atoms with Gasteiger partial charge in [-0.1, -0.05) is 6.92 Å². The first kappa shape index (κ1) is 7.94. The lowest BCUT2D eigenvalue weighted by Gasteiger charge is -2.24. The summed E-state index contributed by atoms with van der Waals surface area (Å²) in [5.74, 6) is -0.758. The fourth-order valence-electron chi connectivity index (χ4n) is 0.989. The molecule has 1 heterocycles. The van der Waals surface area contributed by atoms with E-state index in [1.807, 2.05) is 0 Å². The monoisotopic (exact) mass is 155 g/mol. The molecule has 0 saturated carbocycles. The maximum atomic E-state index is 10.9. The summed E-state index contributed by atoms with van der Waals surface area (Å²) in [5, 5.41) is 9.49. The quantitative estimate of drug-likeness (QED) is 0.547. The Morgan fingerprint density at radius 1 is 1.55 bits per heavy atom. The molecule has 1 amide bonds. The molecule has 0 bridgehead atoms. The minimum atomic E-state index is -0.688. The molecule has 1 aliphatic rings. The summed E-state index contributed by atoms with van der Waals surface area (Å²) in [4.78, 5) is 21.7. The topological polar surface area (TPSA) is 57.6 Å². The van der Waals surface area contributed by atoms with Gasteiger partial charge in [-0.25, -0.2) is 5.06 Å². The minimum Gasteiger partial charge on any atom is -0.292 e. The van der Waals surface area contributed by atoms with Crippen molar-refractivity contribution in [1.29, 1.82) is 0 Å². The lowest BCUT2D eigenvalue weighted by Crippen LogP contribution is -2.43. The molecule has 4 heteroatoms. The van der Waals surface area contributed by atoms with Gasteiger partial charge in [0.05, 0.1) is 0 Å². The molecule has 0 aromatic carbocycles. The van der Waals surface area contributed by atoms with Crippen LogP contribution in [0.25, 0.3) is 0 Å². The molecule has 1 aliphatic heterocycles. The third kappa shape index (κ3) is 1.30. The normalized spacial score (nSPS) is 24.5. The van der Waals surface area contributed by atoms with Crippen molar-refractivity contribution in [3.05, 3.63) is 12.2 Å². The number of amides is 1. The molecule has 0 saturated heterocycles. The highest BCUT2D eigenvalue weighted by Crippen LogP contribution is 2.09. The third-order valence-electron chi connectivity index (χ3n) is 1.63. The van der Waals surface area contributed by atoms with Crippen LogP contribution in [0.15, 0.2) is 12.2 Å². The molecule has 0 aromatic heterocycles. The van der Waals surface area contributed by atoms with Crippen molar-refractivity contribution in [1.82, 2.24) is 5.06 Å². The molecule has 11 heavy (non-hydrogen) atoms. The van der Waals surface area contributed by atoms with Crippen molar-refractivity contribution in [3.8, 4) is 0 Å². The van der Waals surface area contributed by atoms with E-state index in [-0.39, 0.29) is 5.78 Å².